The smallest absolute Gasteiger partial charge is 0.149 e. The molecule has 0 saturated carbocycles. The summed E-state index contributed by atoms with van der Waals surface area (Å²) in [5, 5.41) is 7.28. The van der Waals surface area contributed by atoms with Gasteiger partial charge in [-0.1, -0.05) is 6.92 Å². The highest BCUT2D eigenvalue weighted by molar-refractivity contribution is 7.90. The van der Waals surface area contributed by atoms with Crippen molar-refractivity contribution >= 4 is 9.84 Å². The highest BCUT2D eigenvalue weighted by Crippen LogP contribution is 2.13. The van der Waals surface area contributed by atoms with Gasteiger partial charge in [0.05, 0.1) is 11.9 Å². The van der Waals surface area contributed by atoms with Gasteiger partial charge in [0.1, 0.15) is 9.84 Å². The van der Waals surface area contributed by atoms with E-state index in [-0.39, 0.29) is 11.8 Å². The van der Waals surface area contributed by atoms with E-state index in [1.165, 1.54) is 6.26 Å². The molecular formula is C10H19N3O2S. The molecule has 1 rings (SSSR count). The summed E-state index contributed by atoms with van der Waals surface area (Å²) < 4.78 is 24.3. The fourth-order valence-corrected chi connectivity index (χ4v) is 2.43. The summed E-state index contributed by atoms with van der Waals surface area (Å²) in [5.41, 5.74) is 0.918. The van der Waals surface area contributed by atoms with Gasteiger partial charge in [0.2, 0.25) is 0 Å². The van der Waals surface area contributed by atoms with Crippen LogP contribution in [0.5, 0.6) is 0 Å². The van der Waals surface area contributed by atoms with E-state index in [9.17, 15) is 8.42 Å². The third-order valence-corrected chi connectivity index (χ3v) is 3.18. The van der Waals surface area contributed by atoms with Crippen LogP contribution in [0.4, 0.5) is 0 Å². The molecule has 0 radical (unpaired) electrons. The average Bonchev–Trinajstić information content (AvgIpc) is 2.57. The Morgan fingerprint density at radius 2 is 2.25 bits per heavy atom. The fourth-order valence-electron chi connectivity index (χ4n) is 1.51. The van der Waals surface area contributed by atoms with Gasteiger partial charge in [-0.05, 0) is 13.0 Å². The molecule has 5 nitrogen and oxygen atoms in total. The van der Waals surface area contributed by atoms with Crippen molar-refractivity contribution in [1.82, 2.24) is 15.1 Å². The van der Waals surface area contributed by atoms with Gasteiger partial charge < -0.3 is 5.32 Å². The molecule has 0 saturated heterocycles. The van der Waals surface area contributed by atoms with Crippen molar-refractivity contribution in [3.63, 3.8) is 0 Å². The number of aryl methyl sites for hydroxylation is 1. The maximum atomic E-state index is 11.3. The zero-order chi connectivity index (χ0) is 12.2. The topological polar surface area (TPSA) is 64.0 Å². The van der Waals surface area contributed by atoms with Gasteiger partial charge in [0, 0.05) is 31.1 Å². The van der Waals surface area contributed by atoms with Crippen molar-refractivity contribution in [3.05, 3.63) is 18.0 Å². The van der Waals surface area contributed by atoms with Crippen LogP contribution in [0.15, 0.2) is 12.4 Å². The second kappa shape index (κ2) is 5.45. The lowest BCUT2D eigenvalue weighted by molar-refractivity contribution is 0.549. The van der Waals surface area contributed by atoms with Crippen LogP contribution in [0, 0.1) is 0 Å². The largest absolute Gasteiger partial charge is 0.309 e. The zero-order valence-electron chi connectivity index (χ0n) is 9.97. The van der Waals surface area contributed by atoms with E-state index in [1.807, 2.05) is 20.2 Å². The molecule has 1 aromatic rings. The van der Waals surface area contributed by atoms with E-state index in [2.05, 4.69) is 10.4 Å². The lowest BCUT2D eigenvalue weighted by Crippen LogP contribution is -2.28. The molecule has 0 aliphatic rings. The van der Waals surface area contributed by atoms with Crippen LogP contribution in [-0.2, 0) is 16.9 Å². The van der Waals surface area contributed by atoms with Crippen LogP contribution in [0.3, 0.4) is 0 Å². The Kier molecular flexibility index (Phi) is 4.49. The van der Waals surface area contributed by atoms with E-state index in [0.29, 0.717) is 0 Å². The minimum Gasteiger partial charge on any atom is -0.309 e. The molecule has 1 atom stereocenters. The molecule has 6 heteroatoms. The second-order valence-corrected chi connectivity index (χ2v) is 6.23. The average molecular weight is 245 g/mol. The van der Waals surface area contributed by atoms with Crippen LogP contribution in [0.2, 0.25) is 0 Å². The monoisotopic (exact) mass is 245 g/mol. The molecular weight excluding hydrogens is 226 g/mol. The molecule has 0 aliphatic carbocycles. The maximum Gasteiger partial charge on any atom is 0.149 e. The summed E-state index contributed by atoms with van der Waals surface area (Å²) in [6.45, 7) is 2.85. The van der Waals surface area contributed by atoms with Gasteiger partial charge >= 0.3 is 0 Å². The molecule has 1 unspecified atom stereocenters. The van der Waals surface area contributed by atoms with Gasteiger partial charge in [0.15, 0.2) is 0 Å². The molecule has 1 heterocycles. The molecule has 0 aromatic carbocycles. The highest BCUT2D eigenvalue weighted by atomic mass is 32.2. The SMILES string of the molecule is CCCNC(CS(C)(=O)=O)c1cnn(C)c1. The van der Waals surface area contributed by atoms with Gasteiger partial charge in [-0.2, -0.15) is 5.10 Å². The Labute approximate surface area is 96.8 Å². The number of aromatic nitrogens is 2. The van der Waals surface area contributed by atoms with Crippen LogP contribution in [-0.4, -0.2) is 36.8 Å². The number of nitrogens with one attached hydrogen (secondary N) is 1. The predicted molar refractivity (Wildman–Crippen MR) is 64.0 cm³/mol. The van der Waals surface area contributed by atoms with Crippen molar-refractivity contribution in [2.75, 3.05) is 18.6 Å². The molecule has 0 aliphatic heterocycles. The van der Waals surface area contributed by atoms with Crippen molar-refractivity contribution in [3.8, 4) is 0 Å². The summed E-state index contributed by atoms with van der Waals surface area (Å²) in [5.74, 6) is 0.110. The maximum absolute atomic E-state index is 11.3. The number of sulfone groups is 1. The third-order valence-electron chi connectivity index (χ3n) is 2.24. The van der Waals surface area contributed by atoms with Crippen LogP contribution in [0.25, 0.3) is 0 Å². The summed E-state index contributed by atoms with van der Waals surface area (Å²) in [6, 6.07) is -0.163. The molecule has 0 amide bonds. The molecule has 92 valence electrons. The zero-order valence-corrected chi connectivity index (χ0v) is 10.8. The number of rotatable bonds is 6. The van der Waals surface area contributed by atoms with E-state index >= 15 is 0 Å². The first-order valence-corrected chi connectivity index (χ1v) is 7.38. The van der Waals surface area contributed by atoms with Gasteiger partial charge in [-0.25, -0.2) is 8.42 Å². The molecule has 1 N–H and O–H groups in total. The van der Waals surface area contributed by atoms with Gasteiger partial charge in [-0.3, -0.25) is 4.68 Å². The first-order chi connectivity index (χ1) is 7.42. The third kappa shape index (κ3) is 4.32. The van der Waals surface area contributed by atoms with Crippen molar-refractivity contribution < 1.29 is 8.42 Å². The van der Waals surface area contributed by atoms with Gasteiger partial charge in [0.25, 0.3) is 0 Å². The Morgan fingerprint density at radius 1 is 1.56 bits per heavy atom. The molecule has 16 heavy (non-hydrogen) atoms. The summed E-state index contributed by atoms with van der Waals surface area (Å²) >= 11 is 0. The Morgan fingerprint density at radius 3 is 2.69 bits per heavy atom. The number of nitrogens with zero attached hydrogens (tertiary/aromatic N) is 2. The highest BCUT2D eigenvalue weighted by Gasteiger charge is 2.17. The van der Waals surface area contributed by atoms with Crippen molar-refractivity contribution in [2.45, 2.75) is 19.4 Å². The predicted octanol–water partition coefficient (Wildman–Crippen LogP) is 0.505. The lowest BCUT2D eigenvalue weighted by atomic mass is 10.2. The molecule has 0 fully saturated rings. The second-order valence-electron chi connectivity index (χ2n) is 4.05. The Balaban J connectivity index is 2.78. The van der Waals surface area contributed by atoms with E-state index < -0.39 is 9.84 Å². The van der Waals surface area contributed by atoms with Crippen molar-refractivity contribution in [1.29, 1.82) is 0 Å². The fraction of sp³-hybridized carbons (Fsp3) is 0.700. The summed E-state index contributed by atoms with van der Waals surface area (Å²) in [4.78, 5) is 0. The number of hydrogen-bond acceptors (Lipinski definition) is 4. The summed E-state index contributed by atoms with van der Waals surface area (Å²) in [6.07, 6.45) is 5.78. The standard InChI is InChI=1S/C10H19N3O2S/c1-4-5-11-10(8-16(3,14)15)9-6-12-13(2)7-9/h6-7,10-11H,4-5,8H2,1-3H3. The minimum atomic E-state index is -2.99. The molecule has 0 spiro atoms. The first kappa shape index (κ1) is 13.2. The van der Waals surface area contributed by atoms with E-state index in [0.717, 1.165) is 18.5 Å². The van der Waals surface area contributed by atoms with E-state index in [4.69, 9.17) is 0 Å². The van der Waals surface area contributed by atoms with Crippen molar-refractivity contribution in [2.24, 2.45) is 7.05 Å². The lowest BCUT2D eigenvalue weighted by Gasteiger charge is -2.15. The van der Waals surface area contributed by atoms with Crippen LogP contribution < -0.4 is 5.32 Å². The first-order valence-electron chi connectivity index (χ1n) is 5.32. The van der Waals surface area contributed by atoms with Crippen LogP contribution >= 0.6 is 0 Å². The molecule has 1 aromatic heterocycles. The molecule has 0 bridgehead atoms. The summed E-state index contributed by atoms with van der Waals surface area (Å²) in [7, 11) is -1.17. The van der Waals surface area contributed by atoms with Crippen LogP contribution in [0.1, 0.15) is 24.9 Å². The normalized spacial score (nSPS) is 13.9. The Hall–Kier alpha value is -0.880. The minimum absolute atomic E-state index is 0.110. The Bertz CT molecular complexity index is 425. The van der Waals surface area contributed by atoms with E-state index in [1.54, 1.807) is 10.9 Å². The van der Waals surface area contributed by atoms with Gasteiger partial charge in [-0.15, -0.1) is 0 Å². The number of hydrogen-bond donors (Lipinski definition) is 1. The quantitative estimate of drug-likeness (QED) is 0.793.